The molecule has 2 aromatic carbocycles. The topological polar surface area (TPSA) is 72.4 Å². The lowest BCUT2D eigenvalue weighted by Gasteiger charge is -2.19. The predicted molar refractivity (Wildman–Crippen MR) is 114 cm³/mol. The van der Waals surface area contributed by atoms with Gasteiger partial charge >= 0.3 is 5.63 Å². The summed E-state index contributed by atoms with van der Waals surface area (Å²) in [6.45, 7) is 2.03. The van der Waals surface area contributed by atoms with Crippen molar-refractivity contribution in [3.8, 4) is 5.75 Å². The lowest BCUT2D eigenvalue weighted by atomic mass is 10.1. The van der Waals surface area contributed by atoms with Crippen LogP contribution in [-0.2, 0) is 0 Å². The van der Waals surface area contributed by atoms with Crippen LogP contribution in [0.1, 0.15) is 25.8 Å². The van der Waals surface area contributed by atoms with Gasteiger partial charge in [-0.3, -0.25) is 4.79 Å². The van der Waals surface area contributed by atoms with E-state index in [2.05, 4.69) is 0 Å². The predicted octanol–water partition coefficient (Wildman–Crippen LogP) is 4.94. The summed E-state index contributed by atoms with van der Waals surface area (Å²) in [5.74, 6) is 0.141. The summed E-state index contributed by atoms with van der Waals surface area (Å²) in [5, 5.41) is 11.7. The maximum absolute atomic E-state index is 13.5. The number of hydrogen-bond acceptors (Lipinski definition) is 5. The first kappa shape index (κ1) is 18.1. The second kappa shape index (κ2) is 6.81. The summed E-state index contributed by atoms with van der Waals surface area (Å²) in [7, 11) is 0. The average molecular weight is 405 g/mol. The fourth-order valence-corrected chi connectivity index (χ4v) is 4.74. The second-order valence-electron chi connectivity index (χ2n) is 7.46. The van der Waals surface area contributed by atoms with Crippen LogP contribution in [0.25, 0.3) is 21.9 Å². The van der Waals surface area contributed by atoms with Crippen LogP contribution in [-0.4, -0.2) is 9.67 Å². The minimum Gasteiger partial charge on any atom is -0.505 e. The maximum atomic E-state index is 13.5. The number of fused-ring (bicyclic) bond motifs is 3. The molecule has 6 heteroatoms. The summed E-state index contributed by atoms with van der Waals surface area (Å²) in [4.78, 5) is 27.0. The molecule has 0 aliphatic heterocycles. The van der Waals surface area contributed by atoms with E-state index in [9.17, 15) is 14.7 Å². The van der Waals surface area contributed by atoms with Gasteiger partial charge in [0.2, 0.25) is 0 Å². The van der Waals surface area contributed by atoms with Crippen LogP contribution in [0.5, 0.6) is 5.75 Å². The summed E-state index contributed by atoms with van der Waals surface area (Å²) in [6.07, 6.45) is 2.18. The van der Waals surface area contributed by atoms with E-state index in [1.807, 2.05) is 61.5 Å². The molecule has 0 spiro atoms. The number of rotatable bonds is 4. The van der Waals surface area contributed by atoms with E-state index in [0.717, 1.165) is 35.0 Å². The Hall–Kier alpha value is -2.99. The third kappa shape index (κ3) is 2.95. The number of nitrogens with zero attached hydrogens (tertiary/aromatic N) is 1. The SMILES string of the molecule is CC(C1CC1)n1c(=O)c2c(O)c(Sc3ccccc3)c(=O)oc2c2ccccc21. The van der Waals surface area contributed by atoms with Crippen molar-refractivity contribution >= 4 is 33.6 Å². The van der Waals surface area contributed by atoms with Gasteiger partial charge in [0.15, 0.2) is 11.3 Å². The highest BCUT2D eigenvalue weighted by Crippen LogP contribution is 2.42. The van der Waals surface area contributed by atoms with E-state index in [0.29, 0.717) is 11.3 Å². The lowest BCUT2D eigenvalue weighted by Crippen LogP contribution is -2.26. The fourth-order valence-electron chi connectivity index (χ4n) is 3.89. The summed E-state index contributed by atoms with van der Waals surface area (Å²) >= 11 is 1.10. The van der Waals surface area contributed by atoms with E-state index >= 15 is 0 Å². The van der Waals surface area contributed by atoms with Gasteiger partial charge < -0.3 is 14.1 Å². The van der Waals surface area contributed by atoms with Gasteiger partial charge in [0.1, 0.15) is 10.3 Å². The Balaban J connectivity index is 1.84. The van der Waals surface area contributed by atoms with Crippen LogP contribution in [0, 0.1) is 5.92 Å². The Morgan fingerprint density at radius 3 is 2.48 bits per heavy atom. The molecule has 2 aromatic heterocycles. The van der Waals surface area contributed by atoms with E-state index in [1.165, 1.54) is 0 Å². The molecule has 2 heterocycles. The molecular formula is C23H19NO4S. The number of hydrogen-bond donors (Lipinski definition) is 1. The number of para-hydroxylation sites is 1. The summed E-state index contributed by atoms with van der Waals surface area (Å²) in [5.41, 5.74) is -0.115. The van der Waals surface area contributed by atoms with Crippen molar-refractivity contribution in [2.75, 3.05) is 0 Å². The number of aromatic hydroxyl groups is 1. The number of aromatic nitrogens is 1. The van der Waals surface area contributed by atoms with Gasteiger partial charge in [-0.25, -0.2) is 4.79 Å². The normalized spacial score (nSPS) is 15.1. The van der Waals surface area contributed by atoms with Gasteiger partial charge in [-0.05, 0) is 49.9 Å². The zero-order valence-electron chi connectivity index (χ0n) is 15.8. The zero-order valence-corrected chi connectivity index (χ0v) is 16.6. The molecule has 1 atom stereocenters. The minimum atomic E-state index is -0.651. The molecule has 5 rings (SSSR count). The van der Waals surface area contributed by atoms with Gasteiger partial charge in [-0.1, -0.05) is 42.1 Å². The molecule has 1 unspecified atom stereocenters. The van der Waals surface area contributed by atoms with Gasteiger partial charge in [-0.15, -0.1) is 0 Å². The molecule has 1 N–H and O–H groups in total. The number of pyridine rings is 1. The van der Waals surface area contributed by atoms with Crippen LogP contribution in [0.4, 0.5) is 0 Å². The molecule has 29 heavy (non-hydrogen) atoms. The largest absolute Gasteiger partial charge is 0.505 e. The van der Waals surface area contributed by atoms with Crippen LogP contribution < -0.4 is 11.2 Å². The molecular weight excluding hydrogens is 386 g/mol. The molecule has 1 fully saturated rings. The molecule has 0 bridgehead atoms. The molecule has 1 aliphatic carbocycles. The maximum Gasteiger partial charge on any atom is 0.354 e. The Bertz CT molecular complexity index is 1350. The highest BCUT2D eigenvalue weighted by Gasteiger charge is 2.32. The molecule has 0 saturated heterocycles. The van der Waals surface area contributed by atoms with Crippen LogP contribution in [0.2, 0.25) is 0 Å². The standard InChI is InChI=1S/C23H19NO4S/c1-13(14-11-12-14)24-17-10-6-5-9-16(17)20-18(22(24)26)19(25)21(23(27)28-20)29-15-7-3-2-4-8-15/h2-10,13-14,25H,11-12H2,1H3. The van der Waals surface area contributed by atoms with Crippen molar-refractivity contribution < 1.29 is 9.52 Å². The highest BCUT2D eigenvalue weighted by atomic mass is 32.2. The molecule has 5 nitrogen and oxygen atoms in total. The average Bonchev–Trinajstić information content (AvgIpc) is 3.57. The Labute approximate surface area is 170 Å². The molecule has 1 aliphatic rings. The van der Waals surface area contributed by atoms with Crippen molar-refractivity contribution in [1.29, 1.82) is 0 Å². The van der Waals surface area contributed by atoms with Gasteiger partial charge in [0.05, 0.1) is 5.52 Å². The van der Waals surface area contributed by atoms with E-state index in [4.69, 9.17) is 4.42 Å². The molecule has 0 amide bonds. The van der Waals surface area contributed by atoms with Crippen molar-refractivity contribution in [2.45, 2.75) is 35.6 Å². The van der Waals surface area contributed by atoms with Gasteiger partial charge in [0, 0.05) is 16.3 Å². The quantitative estimate of drug-likeness (QED) is 0.487. The number of benzene rings is 2. The van der Waals surface area contributed by atoms with E-state index in [1.54, 1.807) is 4.57 Å². The third-order valence-corrected chi connectivity index (χ3v) is 6.65. The highest BCUT2D eigenvalue weighted by molar-refractivity contribution is 7.99. The van der Waals surface area contributed by atoms with Crippen LogP contribution >= 0.6 is 11.8 Å². The van der Waals surface area contributed by atoms with Crippen LogP contribution in [0.3, 0.4) is 0 Å². The minimum absolute atomic E-state index is 0.00774. The Kier molecular flexibility index (Phi) is 4.24. The second-order valence-corrected chi connectivity index (χ2v) is 8.54. The summed E-state index contributed by atoms with van der Waals surface area (Å²) in [6, 6.07) is 16.6. The summed E-state index contributed by atoms with van der Waals surface area (Å²) < 4.78 is 7.34. The van der Waals surface area contributed by atoms with Crippen molar-refractivity contribution in [3.05, 3.63) is 75.4 Å². The van der Waals surface area contributed by atoms with E-state index in [-0.39, 0.29) is 33.2 Å². The van der Waals surface area contributed by atoms with Gasteiger partial charge in [-0.2, -0.15) is 0 Å². The van der Waals surface area contributed by atoms with E-state index < -0.39 is 5.63 Å². The van der Waals surface area contributed by atoms with Crippen LogP contribution in [0.15, 0.2) is 78.4 Å². The fraction of sp³-hybridized carbons (Fsp3) is 0.217. The Morgan fingerprint density at radius 2 is 1.76 bits per heavy atom. The van der Waals surface area contributed by atoms with Crippen molar-refractivity contribution in [3.63, 3.8) is 0 Å². The third-order valence-electron chi connectivity index (χ3n) is 5.57. The first-order valence-electron chi connectivity index (χ1n) is 9.62. The van der Waals surface area contributed by atoms with Crippen molar-refractivity contribution in [2.24, 2.45) is 5.92 Å². The first-order chi connectivity index (χ1) is 14.1. The molecule has 146 valence electrons. The smallest absolute Gasteiger partial charge is 0.354 e. The molecule has 4 aromatic rings. The van der Waals surface area contributed by atoms with Crippen molar-refractivity contribution in [1.82, 2.24) is 4.57 Å². The monoisotopic (exact) mass is 405 g/mol. The Morgan fingerprint density at radius 1 is 1.07 bits per heavy atom. The zero-order chi connectivity index (χ0) is 20.1. The lowest BCUT2D eigenvalue weighted by molar-refractivity contribution is 0.443. The first-order valence-corrected chi connectivity index (χ1v) is 10.4. The molecule has 0 radical (unpaired) electrons. The van der Waals surface area contributed by atoms with Gasteiger partial charge in [0.25, 0.3) is 5.56 Å². The molecule has 1 saturated carbocycles.